The van der Waals surface area contributed by atoms with Crippen molar-refractivity contribution < 1.29 is 9.90 Å². The zero-order valence-electron chi connectivity index (χ0n) is 9.93. The lowest BCUT2D eigenvalue weighted by atomic mass is 10.2. The van der Waals surface area contributed by atoms with E-state index in [1.54, 1.807) is 31.2 Å². The van der Waals surface area contributed by atoms with Crippen LogP contribution in [0.15, 0.2) is 35.1 Å². The van der Waals surface area contributed by atoms with Gasteiger partial charge in [0.2, 0.25) is 0 Å². The number of aliphatic hydroxyl groups excluding tert-OH is 1. The fourth-order valence-corrected chi connectivity index (χ4v) is 1.65. The van der Waals surface area contributed by atoms with Crippen LogP contribution in [0.4, 0.5) is 0 Å². The molecule has 0 aliphatic carbocycles. The first kappa shape index (κ1) is 12.3. The molecule has 18 heavy (non-hydrogen) atoms. The fraction of sp³-hybridized carbons (Fsp3) is 0.231. The van der Waals surface area contributed by atoms with Crippen LogP contribution in [0.25, 0.3) is 10.9 Å². The molecule has 1 heterocycles. The second-order valence-electron chi connectivity index (χ2n) is 4.15. The number of fused-ring (bicyclic) bond motifs is 1. The molecule has 1 unspecified atom stereocenters. The summed E-state index contributed by atoms with van der Waals surface area (Å²) >= 11 is 0. The minimum absolute atomic E-state index is 0.147. The number of rotatable bonds is 3. The normalized spacial score (nSPS) is 12.3. The van der Waals surface area contributed by atoms with Crippen molar-refractivity contribution in [2.45, 2.75) is 13.0 Å². The highest BCUT2D eigenvalue weighted by Gasteiger charge is 2.09. The minimum Gasteiger partial charge on any atom is -0.392 e. The fourth-order valence-electron chi connectivity index (χ4n) is 1.65. The first-order valence-electron chi connectivity index (χ1n) is 5.66. The van der Waals surface area contributed by atoms with Crippen molar-refractivity contribution in [1.82, 2.24) is 10.3 Å². The maximum Gasteiger partial charge on any atom is 0.267 e. The van der Waals surface area contributed by atoms with E-state index in [-0.39, 0.29) is 17.7 Å². The van der Waals surface area contributed by atoms with Crippen LogP contribution < -0.4 is 10.7 Å². The van der Waals surface area contributed by atoms with E-state index in [0.29, 0.717) is 10.9 Å². The lowest BCUT2D eigenvalue weighted by Crippen LogP contribution is -2.31. The molecule has 5 nitrogen and oxygen atoms in total. The summed E-state index contributed by atoms with van der Waals surface area (Å²) < 4.78 is 0. The molecule has 1 aromatic carbocycles. The number of H-pyrrole nitrogens is 1. The molecule has 0 saturated heterocycles. The Morgan fingerprint density at radius 1 is 1.44 bits per heavy atom. The van der Waals surface area contributed by atoms with E-state index in [9.17, 15) is 9.59 Å². The third-order valence-electron chi connectivity index (χ3n) is 2.54. The molecule has 0 saturated carbocycles. The van der Waals surface area contributed by atoms with E-state index in [4.69, 9.17) is 5.11 Å². The Hall–Kier alpha value is -2.14. The molecular weight excluding hydrogens is 232 g/mol. The highest BCUT2D eigenvalue weighted by atomic mass is 16.3. The summed E-state index contributed by atoms with van der Waals surface area (Å²) in [6.07, 6.45) is -0.624. The van der Waals surface area contributed by atoms with Crippen LogP contribution in [0.5, 0.6) is 0 Å². The third-order valence-corrected chi connectivity index (χ3v) is 2.54. The number of carbonyl (C=O) groups excluding carboxylic acids is 1. The summed E-state index contributed by atoms with van der Waals surface area (Å²) in [5, 5.41) is 12.2. The summed E-state index contributed by atoms with van der Waals surface area (Å²) in [4.78, 5) is 26.4. The molecule has 1 atom stereocenters. The number of hydrogen-bond acceptors (Lipinski definition) is 3. The quantitative estimate of drug-likeness (QED) is 0.743. The SMILES string of the molecule is CC(O)CNC(=O)c1cc(=O)c2ccccc2[nH]1. The summed E-state index contributed by atoms with van der Waals surface area (Å²) in [5.41, 5.74) is 0.609. The van der Waals surface area contributed by atoms with Gasteiger partial charge in [-0.1, -0.05) is 12.1 Å². The van der Waals surface area contributed by atoms with E-state index in [2.05, 4.69) is 10.3 Å². The average molecular weight is 246 g/mol. The average Bonchev–Trinajstić information content (AvgIpc) is 2.36. The summed E-state index contributed by atoms with van der Waals surface area (Å²) in [5.74, 6) is -0.404. The van der Waals surface area contributed by atoms with Crippen molar-refractivity contribution in [1.29, 1.82) is 0 Å². The van der Waals surface area contributed by atoms with Crippen molar-refractivity contribution in [3.63, 3.8) is 0 Å². The van der Waals surface area contributed by atoms with E-state index in [0.717, 1.165) is 0 Å². The Balaban J connectivity index is 2.35. The van der Waals surface area contributed by atoms with Gasteiger partial charge in [0, 0.05) is 23.5 Å². The van der Waals surface area contributed by atoms with Crippen LogP contribution in [0.2, 0.25) is 0 Å². The number of amides is 1. The van der Waals surface area contributed by atoms with Crippen molar-refractivity contribution in [3.05, 3.63) is 46.2 Å². The van der Waals surface area contributed by atoms with Gasteiger partial charge in [-0.25, -0.2) is 0 Å². The van der Waals surface area contributed by atoms with Crippen LogP contribution in [-0.4, -0.2) is 28.6 Å². The number of para-hydroxylation sites is 1. The second kappa shape index (κ2) is 5.01. The number of aromatic nitrogens is 1. The largest absolute Gasteiger partial charge is 0.392 e. The smallest absolute Gasteiger partial charge is 0.267 e. The molecular formula is C13H14N2O3. The van der Waals surface area contributed by atoms with E-state index >= 15 is 0 Å². The predicted octanol–water partition coefficient (Wildman–Crippen LogP) is 0.639. The van der Waals surface area contributed by atoms with Crippen LogP contribution in [0.1, 0.15) is 17.4 Å². The second-order valence-corrected chi connectivity index (χ2v) is 4.15. The van der Waals surface area contributed by atoms with Gasteiger partial charge < -0.3 is 15.4 Å². The molecule has 1 aromatic heterocycles. The van der Waals surface area contributed by atoms with Crippen LogP contribution in [-0.2, 0) is 0 Å². The monoisotopic (exact) mass is 246 g/mol. The van der Waals surface area contributed by atoms with Gasteiger partial charge in [0.05, 0.1) is 6.10 Å². The molecule has 5 heteroatoms. The van der Waals surface area contributed by atoms with Crippen LogP contribution in [0, 0.1) is 0 Å². The molecule has 94 valence electrons. The molecule has 1 amide bonds. The first-order valence-corrected chi connectivity index (χ1v) is 5.66. The number of carbonyl (C=O) groups is 1. The lowest BCUT2D eigenvalue weighted by Gasteiger charge is -2.07. The van der Waals surface area contributed by atoms with Gasteiger partial charge in [0.25, 0.3) is 5.91 Å². The molecule has 0 aliphatic heterocycles. The maximum absolute atomic E-state index is 11.8. The van der Waals surface area contributed by atoms with Gasteiger partial charge in [0.15, 0.2) is 5.43 Å². The predicted molar refractivity (Wildman–Crippen MR) is 68.6 cm³/mol. The number of aromatic amines is 1. The zero-order valence-corrected chi connectivity index (χ0v) is 9.93. The Bertz CT molecular complexity index is 631. The first-order chi connectivity index (χ1) is 8.58. The summed E-state index contributed by atoms with van der Waals surface area (Å²) in [6.45, 7) is 1.72. The number of benzene rings is 1. The molecule has 0 aliphatic rings. The molecule has 0 radical (unpaired) electrons. The van der Waals surface area contributed by atoms with Crippen LogP contribution >= 0.6 is 0 Å². The van der Waals surface area contributed by atoms with Gasteiger partial charge in [-0.15, -0.1) is 0 Å². The zero-order chi connectivity index (χ0) is 13.1. The molecule has 2 aromatic rings. The Labute approximate surface area is 103 Å². The molecule has 0 bridgehead atoms. The van der Waals surface area contributed by atoms with E-state index < -0.39 is 12.0 Å². The lowest BCUT2D eigenvalue weighted by molar-refractivity contribution is 0.0919. The summed E-state index contributed by atoms with van der Waals surface area (Å²) in [6, 6.07) is 8.26. The minimum atomic E-state index is -0.624. The van der Waals surface area contributed by atoms with Gasteiger partial charge in [-0.05, 0) is 19.1 Å². The van der Waals surface area contributed by atoms with Gasteiger partial charge in [-0.3, -0.25) is 9.59 Å². The number of nitrogens with one attached hydrogen (secondary N) is 2. The highest BCUT2D eigenvalue weighted by Crippen LogP contribution is 2.07. The van der Waals surface area contributed by atoms with Crippen LogP contribution in [0.3, 0.4) is 0 Å². The third kappa shape index (κ3) is 2.57. The van der Waals surface area contributed by atoms with E-state index in [1.165, 1.54) is 6.07 Å². The van der Waals surface area contributed by atoms with Crippen molar-refractivity contribution in [2.24, 2.45) is 0 Å². The Kier molecular flexibility index (Phi) is 3.43. The van der Waals surface area contributed by atoms with Gasteiger partial charge >= 0.3 is 0 Å². The molecule has 0 fully saturated rings. The number of hydrogen-bond donors (Lipinski definition) is 3. The Morgan fingerprint density at radius 3 is 2.89 bits per heavy atom. The van der Waals surface area contributed by atoms with Gasteiger partial charge in [-0.2, -0.15) is 0 Å². The van der Waals surface area contributed by atoms with Gasteiger partial charge in [0.1, 0.15) is 5.69 Å². The highest BCUT2D eigenvalue weighted by molar-refractivity contribution is 5.94. The summed E-state index contributed by atoms with van der Waals surface area (Å²) in [7, 11) is 0. The molecule has 2 rings (SSSR count). The maximum atomic E-state index is 11.8. The standard InChI is InChI=1S/C13H14N2O3/c1-8(16)7-14-13(18)11-6-12(17)9-4-2-3-5-10(9)15-11/h2-6,8,16H,7H2,1H3,(H,14,18)(H,15,17). The number of aliphatic hydroxyl groups is 1. The molecule has 3 N–H and O–H groups in total. The Morgan fingerprint density at radius 2 is 2.17 bits per heavy atom. The van der Waals surface area contributed by atoms with Crippen molar-refractivity contribution in [2.75, 3.05) is 6.54 Å². The molecule has 0 spiro atoms. The van der Waals surface area contributed by atoms with Crippen molar-refractivity contribution >= 4 is 16.8 Å². The van der Waals surface area contributed by atoms with E-state index in [1.807, 2.05) is 0 Å². The van der Waals surface area contributed by atoms with Crippen molar-refractivity contribution in [3.8, 4) is 0 Å². The topological polar surface area (TPSA) is 82.2 Å². The number of pyridine rings is 1.